The van der Waals surface area contributed by atoms with Gasteiger partial charge in [0.05, 0.1) is 16.8 Å². The van der Waals surface area contributed by atoms with Gasteiger partial charge < -0.3 is 15.0 Å². The number of hydrogen-bond acceptors (Lipinski definition) is 6. The van der Waals surface area contributed by atoms with E-state index in [9.17, 15) is 4.79 Å². The number of carbonyl (C=O) groups excluding carboxylic acids is 1. The quantitative estimate of drug-likeness (QED) is 0.607. The number of hydrogen-bond donors (Lipinski definition) is 1. The third kappa shape index (κ3) is 4.99. The molecule has 31 heavy (non-hydrogen) atoms. The lowest BCUT2D eigenvalue weighted by molar-refractivity contribution is 0.0947. The van der Waals surface area contributed by atoms with Crippen LogP contribution >= 0.6 is 11.3 Å². The molecule has 1 aliphatic heterocycles. The first-order valence-corrected chi connectivity index (χ1v) is 11.7. The predicted octanol–water partition coefficient (Wildman–Crippen LogP) is 3.86. The maximum atomic E-state index is 12.3. The van der Waals surface area contributed by atoms with Gasteiger partial charge in [0.1, 0.15) is 5.75 Å². The molecular weight excluding hydrogens is 408 g/mol. The Kier molecular flexibility index (Phi) is 6.73. The molecule has 1 fully saturated rings. The number of fused-ring (bicyclic) bond motifs is 1. The number of aromatic nitrogens is 1. The Hall–Kier alpha value is -2.64. The number of amides is 1. The zero-order valence-electron chi connectivity index (χ0n) is 18.5. The molecule has 1 saturated heterocycles. The highest BCUT2D eigenvalue weighted by Gasteiger charge is 2.20. The Morgan fingerprint density at radius 1 is 1.06 bits per heavy atom. The first-order valence-electron chi connectivity index (χ1n) is 10.9. The molecule has 1 aliphatic rings. The molecule has 164 valence electrons. The van der Waals surface area contributed by atoms with Crippen molar-refractivity contribution in [3.05, 3.63) is 53.1 Å². The molecule has 0 saturated carbocycles. The summed E-state index contributed by atoms with van der Waals surface area (Å²) in [7, 11) is 0. The fraction of sp³-hybridized carbons (Fsp3) is 0.417. The normalized spacial score (nSPS) is 14.7. The summed E-state index contributed by atoms with van der Waals surface area (Å²) in [5.74, 6) is 0.747. The molecule has 0 spiro atoms. The van der Waals surface area contributed by atoms with Crippen LogP contribution in [0.1, 0.15) is 28.4 Å². The van der Waals surface area contributed by atoms with Crippen LogP contribution in [0.2, 0.25) is 0 Å². The van der Waals surface area contributed by atoms with Gasteiger partial charge in [0.25, 0.3) is 5.91 Å². The van der Waals surface area contributed by atoms with E-state index in [1.165, 1.54) is 15.8 Å². The monoisotopic (exact) mass is 438 g/mol. The van der Waals surface area contributed by atoms with Gasteiger partial charge in [-0.15, -0.1) is 0 Å². The molecule has 0 bridgehead atoms. The van der Waals surface area contributed by atoms with Gasteiger partial charge >= 0.3 is 0 Å². The van der Waals surface area contributed by atoms with E-state index >= 15 is 0 Å². The standard InChI is InChI=1S/C24H30N4O2S/c1-4-30-20-9-7-19(8-10-20)23(29)25-11-12-27-13-15-28(16-14-27)24-26-21-17(2)5-6-18(3)22(21)31-24/h5-10H,4,11-16H2,1-3H3,(H,25,29). The van der Waals surface area contributed by atoms with Gasteiger partial charge in [0, 0.05) is 44.8 Å². The lowest BCUT2D eigenvalue weighted by Crippen LogP contribution is -2.48. The van der Waals surface area contributed by atoms with Crippen LogP contribution in [0.25, 0.3) is 10.2 Å². The van der Waals surface area contributed by atoms with Crippen LogP contribution in [0.3, 0.4) is 0 Å². The second kappa shape index (κ2) is 9.66. The van der Waals surface area contributed by atoms with Crippen molar-refractivity contribution in [3.8, 4) is 5.75 Å². The van der Waals surface area contributed by atoms with E-state index in [0.29, 0.717) is 18.7 Å². The van der Waals surface area contributed by atoms with Crippen LogP contribution in [0, 0.1) is 13.8 Å². The molecule has 1 N–H and O–H groups in total. The highest BCUT2D eigenvalue weighted by Crippen LogP contribution is 2.33. The van der Waals surface area contributed by atoms with Gasteiger partial charge in [0.2, 0.25) is 0 Å². The van der Waals surface area contributed by atoms with Crippen molar-refractivity contribution in [1.29, 1.82) is 0 Å². The summed E-state index contributed by atoms with van der Waals surface area (Å²) < 4.78 is 6.72. The molecule has 1 amide bonds. The average Bonchev–Trinajstić information content (AvgIpc) is 3.24. The molecule has 0 aliphatic carbocycles. The number of ether oxygens (including phenoxy) is 1. The highest BCUT2D eigenvalue weighted by molar-refractivity contribution is 7.22. The lowest BCUT2D eigenvalue weighted by Gasteiger charge is -2.34. The predicted molar refractivity (Wildman–Crippen MR) is 128 cm³/mol. The van der Waals surface area contributed by atoms with E-state index in [1.807, 2.05) is 19.1 Å². The first kappa shape index (κ1) is 21.6. The maximum Gasteiger partial charge on any atom is 0.251 e. The molecule has 0 unspecified atom stereocenters. The van der Waals surface area contributed by atoms with Crippen molar-refractivity contribution in [1.82, 2.24) is 15.2 Å². The SMILES string of the molecule is CCOc1ccc(C(=O)NCCN2CCN(c3nc4c(C)ccc(C)c4s3)CC2)cc1. The molecule has 1 aromatic heterocycles. The number of rotatable bonds is 7. The number of piperazine rings is 1. The summed E-state index contributed by atoms with van der Waals surface area (Å²) in [5.41, 5.74) is 4.34. The van der Waals surface area contributed by atoms with Crippen LogP contribution < -0.4 is 15.0 Å². The van der Waals surface area contributed by atoms with E-state index in [0.717, 1.165) is 49.1 Å². The molecule has 2 aromatic carbocycles. The van der Waals surface area contributed by atoms with Crippen molar-refractivity contribution >= 4 is 32.6 Å². The summed E-state index contributed by atoms with van der Waals surface area (Å²) >= 11 is 1.80. The molecule has 2 heterocycles. The largest absolute Gasteiger partial charge is 0.494 e. The summed E-state index contributed by atoms with van der Waals surface area (Å²) in [4.78, 5) is 22.1. The molecule has 3 aromatic rings. The maximum absolute atomic E-state index is 12.3. The third-order valence-electron chi connectivity index (χ3n) is 5.71. The molecule has 7 heteroatoms. The third-order valence-corrected chi connectivity index (χ3v) is 6.97. The number of anilines is 1. The van der Waals surface area contributed by atoms with E-state index in [1.54, 1.807) is 23.5 Å². The number of nitrogens with zero attached hydrogens (tertiary/aromatic N) is 3. The van der Waals surface area contributed by atoms with E-state index in [2.05, 4.69) is 41.1 Å². The minimum Gasteiger partial charge on any atom is -0.494 e. The zero-order valence-corrected chi connectivity index (χ0v) is 19.3. The number of aryl methyl sites for hydroxylation is 2. The molecule has 6 nitrogen and oxygen atoms in total. The second-order valence-corrected chi connectivity index (χ2v) is 8.89. The molecule has 4 rings (SSSR count). The summed E-state index contributed by atoms with van der Waals surface area (Å²) in [5, 5.41) is 4.15. The lowest BCUT2D eigenvalue weighted by atomic mass is 10.1. The topological polar surface area (TPSA) is 57.7 Å². The summed E-state index contributed by atoms with van der Waals surface area (Å²) in [6.07, 6.45) is 0. The number of nitrogens with one attached hydrogen (secondary N) is 1. The molecule has 0 atom stereocenters. The number of benzene rings is 2. The van der Waals surface area contributed by atoms with Crippen LogP contribution in [-0.2, 0) is 0 Å². The number of carbonyl (C=O) groups is 1. The van der Waals surface area contributed by atoms with Gasteiger partial charge in [-0.2, -0.15) is 0 Å². The van der Waals surface area contributed by atoms with Crippen molar-refractivity contribution in [2.45, 2.75) is 20.8 Å². The summed E-state index contributed by atoms with van der Waals surface area (Å²) in [6, 6.07) is 11.6. The fourth-order valence-corrected chi connectivity index (χ4v) is 5.01. The van der Waals surface area contributed by atoms with Crippen LogP contribution in [0.15, 0.2) is 36.4 Å². The van der Waals surface area contributed by atoms with E-state index < -0.39 is 0 Å². The van der Waals surface area contributed by atoms with Crippen LogP contribution in [0.5, 0.6) is 5.75 Å². The Balaban J connectivity index is 1.24. The Morgan fingerprint density at radius 2 is 1.77 bits per heavy atom. The van der Waals surface area contributed by atoms with Gasteiger partial charge in [-0.05, 0) is 56.2 Å². The van der Waals surface area contributed by atoms with Crippen LogP contribution in [0.4, 0.5) is 5.13 Å². The minimum absolute atomic E-state index is 0.0399. The molecular formula is C24H30N4O2S. The van der Waals surface area contributed by atoms with Gasteiger partial charge in [0.15, 0.2) is 5.13 Å². The smallest absolute Gasteiger partial charge is 0.251 e. The van der Waals surface area contributed by atoms with E-state index in [4.69, 9.17) is 9.72 Å². The van der Waals surface area contributed by atoms with Gasteiger partial charge in [-0.1, -0.05) is 23.5 Å². The minimum atomic E-state index is -0.0399. The van der Waals surface area contributed by atoms with E-state index in [-0.39, 0.29) is 5.91 Å². The Morgan fingerprint density at radius 3 is 2.45 bits per heavy atom. The highest BCUT2D eigenvalue weighted by atomic mass is 32.1. The van der Waals surface area contributed by atoms with Crippen LogP contribution in [-0.4, -0.2) is 61.7 Å². The summed E-state index contributed by atoms with van der Waals surface area (Å²) in [6.45, 7) is 12.2. The van der Waals surface area contributed by atoms with Crippen molar-refractivity contribution in [2.24, 2.45) is 0 Å². The average molecular weight is 439 g/mol. The fourth-order valence-electron chi connectivity index (χ4n) is 3.84. The Bertz CT molecular complexity index is 1000. The van der Waals surface area contributed by atoms with Gasteiger partial charge in [-0.3, -0.25) is 9.69 Å². The second-order valence-electron chi connectivity index (χ2n) is 7.92. The van der Waals surface area contributed by atoms with Gasteiger partial charge in [-0.25, -0.2) is 4.98 Å². The van der Waals surface area contributed by atoms with Crippen molar-refractivity contribution in [3.63, 3.8) is 0 Å². The number of thiazole rings is 1. The first-order chi connectivity index (χ1) is 15.0. The van der Waals surface area contributed by atoms with Crippen molar-refractivity contribution in [2.75, 3.05) is 50.8 Å². The van der Waals surface area contributed by atoms with Crippen molar-refractivity contribution < 1.29 is 9.53 Å². The molecule has 0 radical (unpaired) electrons. The zero-order chi connectivity index (χ0) is 21.8. The Labute approximate surface area is 187 Å².